The minimum atomic E-state index is -0.923. The van der Waals surface area contributed by atoms with Crippen LogP contribution < -0.4 is 31.2 Å². The number of hydrogen-bond acceptors (Lipinski definition) is 10. The summed E-state index contributed by atoms with van der Waals surface area (Å²) in [6.45, 7) is 4.00. The fraction of sp³-hybridized carbons (Fsp3) is 0.0423. The summed E-state index contributed by atoms with van der Waals surface area (Å²) in [6, 6.07) is 72.0. The molecule has 0 fully saturated rings. The highest BCUT2D eigenvalue weighted by molar-refractivity contribution is 6.30. The van der Waals surface area contributed by atoms with Gasteiger partial charge in [0.05, 0.1) is 44.8 Å². The van der Waals surface area contributed by atoms with Gasteiger partial charge in [0.25, 0.3) is 29.2 Å². The first kappa shape index (κ1) is 48.5. The molecule has 9 aromatic carbocycles. The fourth-order valence-electron chi connectivity index (χ4n) is 13.3. The van der Waals surface area contributed by atoms with Gasteiger partial charge in [-0.1, -0.05) is 167 Å². The molecule has 0 radical (unpaired) electrons. The zero-order valence-electron chi connectivity index (χ0n) is 46.4. The molecule has 0 aliphatic carbocycles. The Kier molecular flexibility index (Phi) is 10.0. The quantitative estimate of drug-likeness (QED) is 0.164. The number of H-pyrrole nitrogens is 1. The number of rotatable bonds is 2. The molecular formula is C71H44N12O4+2. The van der Waals surface area contributed by atoms with E-state index in [2.05, 4.69) is 135 Å². The smallest absolute Gasteiger partial charge is 0.404 e. The van der Waals surface area contributed by atoms with Gasteiger partial charge < -0.3 is 19.6 Å². The van der Waals surface area contributed by atoms with Crippen LogP contribution in [0.4, 0.5) is 23.0 Å². The summed E-state index contributed by atoms with van der Waals surface area (Å²) in [4.78, 5) is 50.3. The summed E-state index contributed by atoms with van der Waals surface area (Å²) >= 11 is 0. The van der Waals surface area contributed by atoms with Crippen LogP contribution in [0.15, 0.2) is 253 Å². The van der Waals surface area contributed by atoms with E-state index in [-0.39, 0.29) is 11.8 Å². The lowest BCUT2D eigenvalue weighted by molar-refractivity contribution is -0.790. The highest BCUT2D eigenvalue weighted by Gasteiger charge is 2.69. The van der Waals surface area contributed by atoms with Crippen LogP contribution in [0, 0.1) is 0 Å². The molecule has 1 spiro atoms. The van der Waals surface area contributed by atoms with Gasteiger partial charge in [-0.25, -0.2) is 15.0 Å². The molecule has 1 amide bonds. The van der Waals surface area contributed by atoms with Crippen molar-refractivity contribution in [2.75, 3.05) is 0 Å². The maximum atomic E-state index is 12.3. The molecule has 0 unspecified atom stereocenters. The summed E-state index contributed by atoms with van der Waals surface area (Å²) in [5.41, 5.74) is 11.5. The number of carbonyl (C=O) groups excluding carboxylic acids is 1. The zero-order chi connectivity index (χ0) is 57.8. The number of amidine groups is 4. The van der Waals surface area contributed by atoms with E-state index in [0.29, 0.717) is 34.0 Å². The first-order valence-electron chi connectivity index (χ1n) is 28.7. The van der Waals surface area contributed by atoms with Gasteiger partial charge in [-0.2, -0.15) is 9.13 Å². The van der Waals surface area contributed by atoms with Gasteiger partial charge >= 0.3 is 5.91 Å². The first-order chi connectivity index (χ1) is 43.0. The molecule has 9 aliphatic heterocycles. The van der Waals surface area contributed by atoms with E-state index in [1.54, 1.807) is 0 Å². The van der Waals surface area contributed by atoms with Crippen molar-refractivity contribution in [1.29, 1.82) is 0 Å². The van der Waals surface area contributed by atoms with Gasteiger partial charge in [0.1, 0.15) is 22.1 Å². The molecule has 12 heterocycles. The lowest BCUT2D eigenvalue weighted by atomic mass is 10.0. The molecule has 9 aliphatic rings. The number of fused-ring (bicyclic) bond motifs is 17. The Balaban J connectivity index is 0.000000105. The lowest BCUT2D eigenvalue weighted by Crippen LogP contribution is -2.71. The summed E-state index contributed by atoms with van der Waals surface area (Å²) in [5.74, 6) is 7.02. The predicted molar refractivity (Wildman–Crippen MR) is 330 cm³/mol. The van der Waals surface area contributed by atoms with Crippen molar-refractivity contribution in [3.05, 3.63) is 279 Å². The van der Waals surface area contributed by atoms with Gasteiger partial charge in [-0.3, -0.25) is 4.79 Å². The number of hydrogen-bond donors (Lipinski definition) is 2. The van der Waals surface area contributed by atoms with E-state index in [1.165, 1.54) is 0 Å². The Morgan fingerprint density at radius 3 is 1.39 bits per heavy atom. The lowest BCUT2D eigenvalue weighted by Gasteiger charge is -2.40. The molecule has 12 aromatic rings. The van der Waals surface area contributed by atoms with E-state index >= 15 is 0 Å². The monoisotopic (exact) mass is 1130 g/mol. The fourth-order valence-corrected chi connectivity index (χ4v) is 13.3. The number of aliphatic imine (C=N–C) groups is 3. The Labute approximate surface area is 493 Å². The average Bonchev–Trinajstić information content (AvgIpc) is 1.49. The molecule has 0 atom stereocenters. The number of aromatic hydroxyl groups is 1. The van der Waals surface area contributed by atoms with Crippen LogP contribution in [0.1, 0.15) is 57.6 Å². The minimum absolute atomic E-state index is 0.0256. The molecule has 0 saturated heterocycles. The van der Waals surface area contributed by atoms with Gasteiger partial charge in [-0.15, -0.1) is 9.15 Å². The number of ether oxygens (including phenoxy) is 2. The molecule has 21 rings (SSSR count). The standard InChI is InChI=1S/C33H16N8.C18H10N2O2.C18H12N2O2.C2H6/c1-2-10-18-17(9-1)25-34-27-19-11-3-4-12-20(19)29-36-31-23-15-7-8-16-24(23)32-37-30-22-14-6-5-13-21(22)28-35-26(18)38(25)33(39(27)29,40(28)30)41(31)32;1-3-7-15-11(5-1)19-13-9-18-14(10-17(13)21-15)20-12-6-2-4-8-16(12)22-18;21-17-13-14(16(20-17)12-9-5-2-6-10-12)18(22)19-15(13)11-7-3-1-4-8-11;1-2/h1-16H;1-10H;1-10,19,22H;1-2H3/q+2;;;. The second-order valence-electron chi connectivity index (χ2n) is 21.4. The summed E-state index contributed by atoms with van der Waals surface area (Å²) in [5, 5.41) is 16.1. The van der Waals surface area contributed by atoms with E-state index in [4.69, 9.17) is 29.4 Å². The topological polar surface area (TPSA) is 174 Å². The average molecular weight is 1130 g/mol. The molecule has 87 heavy (non-hydrogen) atoms. The van der Waals surface area contributed by atoms with Gasteiger partial charge in [0.2, 0.25) is 22.6 Å². The van der Waals surface area contributed by atoms with Crippen molar-refractivity contribution < 1.29 is 28.5 Å². The number of carbonyl (C=O) groups is 1. The van der Waals surface area contributed by atoms with Gasteiger partial charge in [-0.05, 0) is 78.4 Å². The summed E-state index contributed by atoms with van der Waals surface area (Å²) in [7, 11) is 0. The third kappa shape index (κ3) is 6.54. The van der Waals surface area contributed by atoms with Crippen LogP contribution in [0.2, 0.25) is 0 Å². The predicted octanol–water partition coefficient (Wildman–Crippen LogP) is 11.9. The van der Waals surface area contributed by atoms with Crippen molar-refractivity contribution in [2.45, 2.75) is 19.8 Å². The molecule has 0 saturated carbocycles. The Morgan fingerprint density at radius 2 is 0.874 bits per heavy atom. The van der Waals surface area contributed by atoms with Gasteiger partial charge in [0, 0.05) is 39.2 Å². The van der Waals surface area contributed by atoms with Crippen molar-refractivity contribution in [3.63, 3.8) is 0 Å². The van der Waals surface area contributed by atoms with E-state index in [9.17, 15) is 9.90 Å². The van der Waals surface area contributed by atoms with Gasteiger partial charge in [0.15, 0.2) is 28.9 Å². The SMILES string of the molecule is CC.O=C1N=C(c2ccccc2)c2c(O)[nH]c(-c3ccccc3)c21.c1ccc2c(c1)C1=Nc3c4ccccc4c4n3C35n6c(c7ccccc7c6=NC6=[N+]3C(=N4)c3ccccc36)=NC2=[N+]15.c1ccc2c(c1)N=c1cc3c(cc1O2)=Nc1ccccc1O3. The maximum Gasteiger partial charge on any atom is 0.404 e. The second kappa shape index (κ2) is 18.0. The number of amides is 1. The summed E-state index contributed by atoms with van der Waals surface area (Å²) < 4.78 is 21.2. The summed E-state index contributed by atoms with van der Waals surface area (Å²) in [6.07, 6.45) is 0. The molecule has 16 nitrogen and oxygen atoms in total. The van der Waals surface area contributed by atoms with Crippen LogP contribution in [-0.2, 0) is 5.91 Å². The minimum Gasteiger partial charge on any atom is -0.494 e. The van der Waals surface area contributed by atoms with Crippen LogP contribution >= 0.6 is 0 Å². The number of para-hydroxylation sites is 4. The first-order valence-corrected chi connectivity index (χ1v) is 28.7. The maximum absolute atomic E-state index is 12.3. The molecular weight excluding hydrogens is 1080 g/mol. The van der Waals surface area contributed by atoms with Crippen molar-refractivity contribution >= 4 is 79.5 Å². The Morgan fingerprint density at radius 1 is 0.437 bits per heavy atom. The molecule has 410 valence electrons. The van der Waals surface area contributed by atoms with E-state index < -0.39 is 5.91 Å². The molecule has 0 bridgehead atoms. The largest absolute Gasteiger partial charge is 0.494 e. The van der Waals surface area contributed by atoms with Crippen LogP contribution in [0.5, 0.6) is 28.9 Å². The van der Waals surface area contributed by atoms with E-state index in [1.807, 2.05) is 135 Å². The van der Waals surface area contributed by atoms with Crippen molar-refractivity contribution in [1.82, 2.24) is 14.1 Å². The number of nitrogens with zero attached hydrogens (tertiary/aromatic N) is 11. The number of aromatic amines is 1. The molecule has 16 heteroatoms. The number of benzene rings is 9. The highest BCUT2D eigenvalue weighted by atomic mass is 16.5. The van der Waals surface area contributed by atoms with Crippen molar-refractivity contribution in [3.8, 4) is 40.1 Å². The Hall–Kier alpha value is -12.0. The molecule has 2 N–H and O–H groups in total. The third-order valence-corrected chi connectivity index (χ3v) is 16.8. The van der Waals surface area contributed by atoms with Crippen LogP contribution in [0.25, 0.3) is 32.8 Å². The zero-order valence-corrected chi connectivity index (χ0v) is 46.4. The number of aromatic nitrogens is 3. The normalized spacial score (nSPS) is 15.4. The Bertz CT molecular complexity index is 5330. The highest BCUT2D eigenvalue weighted by Crippen LogP contribution is 2.53. The van der Waals surface area contributed by atoms with E-state index in [0.717, 1.165) is 134 Å². The third-order valence-electron chi connectivity index (χ3n) is 16.8. The number of nitrogens with one attached hydrogen (secondary N) is 1. The van der Waals surface area contributed by atoms with Crippen LogP contribution in [0.3, 0.4) is 0 Å². The second-order valence-corrected chi connectivity index (χ2v) is 21.4. The molecule has 3 aromatic heterocycles. The van der Waals surface area contributed by atoms with Crippen molar-refractivity contribution in [2.24, 2.45) is 34.9 Å². The van der Waals surface area contributed by atoms with Crippen LogP contribution in [-0.4, -0.2) is 63.3 Å².